The number of anilines is 1. The predicted molar refractivity (Wildman–Crippen MR) is 105 cm³/mol. The number of likely N-dealkylation sites (tertiary alicyclic amines) is 1. The van der Waals surface area contributed by atoms with E-state index >= 15 is 0 Å². The predicted octanol–water partition coefficient (Wildman–Crippen LogP) is 3.89. The van der Waals surface area contributed by atoms with Crippen LogP contribution in [-0.4, -0.2) is 29.8 Å². The zero-order valence-corrected chi connectivity index (χ0v) is 15.0. The number of nitrogens with one attached hydrogen (secondary N) is 1. The van der Waals surface area contributed by atoms with Crippen molar-refractivity contribution in [3.8, 4) is 0 Å². The Balaban J connectivity index is 1.50. The van der Waals surface area contributed by atoms with E-state index in [9.17, 15) is 9.59 Å². The highest BCUT2D eigenvalue weighted by atomic mass is 16.2. The highest BCUT2D eigenvalue weighted by molar-refractivity contribution is 5.94. The fourth-order valence-electron chi connectivity index (χ4n) is 3.15. The number of carbonyl (C=O) groups is 2. The topological polar surface area (TPSA) is 49.4 Å². The van der Waals surface area contributed by atoms with Gasteiger partial charge in [-0.2, -0.15) is 0 Å². The van der Waals surface area contributed by atoms with Gasteiger partial charge < -0.3 is 10.2 Å². The van der Waals surface area contributed by atoms with Crippen LogP contribution in [0.25, 0.3) is 6.08 Å². The first kappa shape index (κ1) is 17.9. The van der Waals surface area contributed by atoms with Crippen LogP contribution < -0.4 is 5.32 Å². The summed E-state index contributed by atoms with van der Waals surface area (Å²) in [6, 6.07) is 17.5. The molecule has 2 amide bonds. The van der Waals surface area contributed by atoms with E-state index in [2.05, 4.69) is 5.32 Å². The molecule has 134 valence electrons. The number of hydrogen-bond donors (Lipinski definition) is 1. The quantitative estimate of drug-likeness (QED) is 0.852. The lowest BCUT2D eigenvalue weighted by molar-refractivity contribution is -0.130. The summed E-state index contributed by atoms with van der Waals surface area (Å²) in [5, 5.41) is 3.01. The van der Waals surface area contributed by atoms with Crippen molar-refractivity contribution < 1.29 is 9.59 Å². The van der Waals surface area contributed by atoms with Crippen molar-refractivity contribution >= 4 is 23.6 Å². The second kappa shape index (κ2) is 8.48. The van der Waals surface area contributed by atoms with Crippen LogP contribution in [0.2, 0.25) is 0 Å². The van der Waals surface area contributed by atoms with E-state index in [4.69, 9.17) is 0 Å². The summed E-state index contributed by atoms with van der Waals surface area (Å²) in [7, 11) is 0. The molecule has 2 aromatic carbocycles. The Morgan fingerprint density at radius 3 is 2.35 bits per heavy atom. The van der Waals surface area contributed by atoms with E-state index in [1.165, 1.54) is 0 Å². The van der Waals surface area contributed by atoms with Gasteiger partial charge in [0.05, 0.1) is 0 Å². The maximum absolute atomic E-state index is 12.5. The van der Waals surface area contributed by atoms with E-state index in [1.54, 1.807) is 6.08 Å². The summed E-state index contributed by atoms with van der Waals surface area (Å²) < 4.78 is 0. The third-order valence-electron chi connectivity index (χ3n) is 4.80. The molecule has 4 nitrogen and oxygen atoms in total. The fourth-order valence-corrected chi connectivity index (χ4v) is 3.15. The minimum absolute atomic E-state index is 0.00613. The first-order valence-corrected chi connectivity index (χ1v) is 9.02. The summed E-state index contributed by atoms with van der Waals surface area (Å²) in [4.78, 5) is 26.6. The smallest absolute Gasteiger partial charge is 0.246 e. The van der Waals surface area contributed by atoms with Gasteiger partial charge in [0.15, 0.2) is 0 Å². The van der Waals surface area contributed by atoms with E-state index in [0.717, 1.165) is 16.8 Å². The lowest BCUT2D eigenvalue weighted by Crippen LogP contribution is -2.40. The van der Waals surface area contributed by atoms with Gasteiger partial charge in [-0.1, -0.05) is 48.5 Å². The number of carbonyl (C=O) groups excluding carboxylic acids is 2. The monoisotopic (exact) mass is 348 g/mol. The molecule has 1 aliphatic heterocycles. The average Bonchev–Trinajstić information content (AvgIpc) is 2.69. The standard InChI is InChI=1S/C22H24N2O2/c1-17-7-5-6-10-20(17)23-22(26)19-13-15-24(16-14-19)21(25)12-11-18-8-3-2-4-9-18/h2-12,19H,13-16H2,1H3,(H,23,26). The van der Waals surface area contributed by atoms with Crippen LogP contribution >= 0.6 is 0 Å². The number of para-hydroxylation sites is 1. The van der Waals surface area contributed by atoms with Crippen LogP contribution in [0.3, 0.4) is 0 Å². The number of benzene rings is 2. The van der Waals surface area contributed by atoms with Gasteiger partial charge in [-0.3, -0.25) is 9.59 Å². The molecule has 1 N–H and O–H groups in total. The Hall–Kier alpha value is -2.88. The van der Waals surface area contributed by atoms with E-state index in [0.29, 0.717) is 25.9 Å². The molecular weight excluding hydrogens is 324 g/mol. The summed E-state index contributed by atoms with van der Waals surface area (Å²) in [5.74, 6) is 0.00889. The first-order valence-electron chi connectivity index (χ1n) is 9.02. The second-order valence-corrected chi connectivity index (χ2v) is 6.65. The molecule has 26 heavy (non-hydrogen) atoms. The molecule has 0 atom stereocenters. The van der Waals surface area contributed by atoms with Crippen molar-refractivity contribution in [1.82, 2.24) is 4.90 Å². The van der Waals surface area contributed by atoms with Gasteiger partial charge in [-0.25, -0.2) is 0 Å². The minimum atomic E-state index is -0.0447. The fraction of sp³-hybridized carbons (Fsp3) is 0.273. The van der Waals surface area contributed by atoms with Gasteiger partial charge in [0, 0.05) is 30.8 Å². The Morgan fingerprint density at radius 2 is 1.65 bits per heavy atom. The molecule has 4 heteroatoms. The van der Waals surface area contributed by atoms with Gasteiger partial charge in [0.2, 0.25) is 11.8 Å². The first-order chi connectivity index (χ1) is 12.6. The van der Waals surface area contributed by atoms with Gasteiger partial charge >= 0.3 is 0 Å². The summed E-state index contributed by atoms with van der Waals surface area (Å²) in [6.45, 7) is 3.21. The van der Waals surface area contributed by atoms with E-state index < -0.39 is 0 Å². The molecule has 0 spiro atoms. The van der Waals surface area contributed by atoms with Gasteiger partial charge in [0.25, 0.3) is 0 Å². The largest absolute Gasteiger partial charge is 0.339 e. The van der Waals surface area contributed by atoms with Crippen molar-refractivity contribution in [3.05, 3.63) is 71.8 Å². The zero-order chi connectivity index (χ0) is 18.4. The number of rotatable bonds is 4. The van der Waals surface area contributed by atoms with Crippen LogP contribution in [0.5, 0.6) is 0 Å². The molecule has 2 aromatic rings. The number of aryl methyl sites for hydroxylation is 1. The maximum Gasteiger partial charge on any atom is 0.246 e. The van der Waals surface area contributed by atoms with E-state index in [1.807, 2.05) is 72.5 Å². The molecule has 0 radical (unpaired) electrons. The molecule has 0 saturated carbocycles. The molecule has 0 unspecified atom stereocenters. The van der Waals surface area contributed by atoms with E-state index in [-0.39, 0.29) is 17.7 Å². The molecule has 1 fully saturated rings. The number of piperidine rings is 1. The Labute approximate surface area is 154 Å². The van der Waals surface area contributed by atoms with Crippen molar-refractivity contribution in [3.63, 3.8) is 0 Å². The highest BCUT2D eigenvalue weighted by Gasteiger charge is 2.26. The molecule has 1 heterocycles. The molecule has 0 aliphatic carbocycles. The Kier molecular flexibility index (Phi) is 5.84. The van der Waals surface area contributed by atoms with Crippen LogP contribution in [-0.2, 0) is 9.59 Å². The second-order valence-electron chi connectivity index (χ2n) is 6.65. The third kappa shape index (κ3) is 4.60. The minimum Gasteiger partial charge on any atom is -0.339 e. The summed E-state index contributed by atoms with van der Waals surface area (Å²) in [5.41, 5.74) is 2.93. The maximum atomic E-state index is 12.5. The molecule has 3 rings (SSSR count). The third-order valence-corrected chi connectivity index (χ3v) is 4.80. The molecule has 1 aliphatic rings. The highest BCUT2D eigenvalue weighted by Crippen LogP contribution is 2.21. The average molecular weight is 348 g/mol. The van der Waals surface area contributed by atoms with Crippen molar-refractivity contribution in [2.75, 3.05) is 18.4 Å². The van der Waals surface area contributed by atoms with Crippen LogP contribution in [0.15, 0.2) is 60.7 Å². The van der Waals surface area contributed by atoms with Crippen LogP contribution in [0, 0.1) is 12.8 Å². The number of hydrogen-bond acceptors (Lipinski definition) is 2. The summed E-state index contributed by atoms with van der Waals surface area (Å²) >= 11 is 0. The van der Waals surface area contributed by atoms with Crippen LogP contribution in [0.4, 0.5) is 5.69 Å². The van der Waals surface area contributed by atoms with Crippen molar-refractivity contribution in [2.45, 2.75) is 19.8 Å². The molecular formula is C22H24N2O2. The normalized spacial score (nSPS) is 15.2. The van der Waals surface area contributed by atoms with Gasteiger partial charge in [-0.15, -0.1) is 0 Å². The Bertz CT molecular complexity index is 791. The Morgan fingerprint density at radius 1 is 1.00 bits per heavy atom. The molecule has 0 bridgehead atoms. The lowest BCUT2D eigenvalue weighted by atomic mass is 9.95. The van der Waals surface area contributed by atoms with Crippen molar-refractivity contribution in [2.24, 2.45) is 5.92 Å². The van der Waals surface area contributed by atoms with Crippen LogP contribution in [0.1, 0.15) is 24.0 Å². The van der Waals surface area contributed by atoms with Gasteiger partial charge in [-0.05, 0) is 43.0 Å². The zero-order valence-electron chi connectivity index (χ0n) is 15.0. The number of nitrogens with zero attached hydrogens (tertiary/aromatic N) is 1. The lowest BCUT2D eigenvalue weighted by Gasteiger charge is -2.30. The summed E-state index contributed by atoms with van der Waals surface area (Å²) in [6.07, 6.45) is 4.84. The van der Waals surface area contributed by atoms with Crippen molar-refractivity contribution in [1.29, 1.82) is 0 Å². The molecule has 0 aromatic heterocycles. The number of amides is 2. The SMILES string of the molecule is Cc1ccccc1NC(=O)C1CCN(C(=O)C=Cc2ccccc2)CC1. The van der Waals surface area contributed by atoms with Gasteiger partial charge in [0.1, 0.15) is 0 Å². The molecule has 1 saturated heterocycles.